The van der Waals surface area contributed by atoms with Crippen LogP contribution in [0.2, 0.25) is 0 Å². The van der Waals surface area contributed by atoms with E-state index in [1.165, 1.54) is 12.0 Å². The number of hydrogen-bond donors (Lipinski definition) is 0. The van der Waals surface area contributed by atoms with Crippen molar-refractivity contribution in [1.82, 2.24) is 4.90 Å². The van der Waals surface area contributed by atoms with E-state index in [0.29, 0.717) is 5.75 Å². The molecular formula is C11H15ClNO4P. The minimum Gasteiger partial charge on any atom is -0.468 e. The van der Waals surface area contributed by atoms with Gasteiger partial charge in [0, 0.05) is 0 Å². The van der Waals surface area contributed by atoms with E-state index in [2.05, 4.69) is 4.74 Å². The van der Waals surface area contributed by atoms with Gasteiger partial charge in [0.25, 0.3) is 0 Å². The Morgan fingerprint density at radius 1 is 1.39 bits per heavy atom. The van der Waals surface area contributed by atoms with Crippen LogP contribution >= 0.6 is 18.0 Å². The maximum atomic E-state index is 12.0. The van der Waals surface area contributed by atoms with Crippen molar-refractivity contribution >= 4 is 23.9 Å². The quantitative estimate of drug-likeness (QED) is 0.595. The molecule has 0 aliphatic carbocycles. The number of halogens is 1. The number of rotatable bonds is 6. The molecule has 0 spiro atoms. The fourth-order valence-electron chi connectivity index (χ4n) is 1.29. The first-order valence-electron chi connectivity index (χ1n) is 5.21. The minimum atomic E-state index is -3.35. The van der Waals surface area contributed by atoms with Gasteiger partial charge in [-0.1, -0.05) is 18.2 Å². The van der Waals surface area contributed by atoms with Gasteiger partial charge in [-0.25, -0.2) is 0 Å². The Kier molecular flexibility index (Phi) is 5.66. The molecule has 1 rings (SSSR count). The monoisotopic (exact) mass is 291 g/mol. The summed E-state index contributed by atoms with van der Waals surface area (Å²) in [6.07, 6.45) is -0.0431. The number of benzene rings is 1. The lowest BCUT2D eigenvalue weighted by Crippen LogP contribution is -2.27. The molecule has 1 aromatic rings. The van der Waals surface area contributed by atoms with Gasteiger partial charge in [-0.15, -0.1) is 0 Å². The first-order valence-corrected chi connectivity index (χ1v) is 7.93. The predicted molar refractivity (Wildman–Crippen MR) is 70.0 cm³/mol. The highest BCUT2D eigenvalue weighted by atomic mass is 35.7. The molecule has 18 heavy (non-hydrogen) atoms. The Balaban J connectivity index is 2.54. The highest BCUT2D eigenvalue weighted by molar-refractivity contribution is 7.85. The zero-order valence-electron chi connectivity index (χ0n) is 10.2. The van der Waals surface area contributed by atoms with E-state index >= 15 is 0 Å². The van der Waals surface area contributed by atoms with Crippen LogP contribution in [-0.2, 0) is 14.1 Å². The fourth-order valence-corrected chi connectivity index (χ4v) is 3.25. The molecule has 7 heteroatoms. The van der Waals surface area contributed by atoms with Crippen LogP contribution in [0.1, 0.15) is 0 Å². The molecule has 0 N–H and O–H groups in total. The summed E-state index contributed by atoms with van der Waals surface area (Å²) >= 11 is 5.83. The van der Waals surface area contributed by atoms with Crippen LogP contribution < -0.4 is 4.52 Å². The number of nitrogens with zero attached hydrogens (tertiary/aromatic N) is 1. The number of ether oxygens (including phenoxy) is 1. The maximum absolute atomic E-state index is 12.0. The van der Waals surface area contributed by atoms with E-state index in [1.807, 2.05) is 6.07 Å². The third-order valence-electron chi connectivity index (χ3n) is 2.02. The van der Waals surface area contributed by atoms with Crippen LogP contribution in [0, 0.1) is 0 Å². The molecule has 0 saturated carbocycles. The lowest BCUT2D eigenvalue weighted by molar-refractivity contribution is -0.141. The highest BCUT2D eigenvalue weighted by Gasteiger charge is 2.24. The van der Waals surface area contributed by atoms with E-state index in [9.17, 15) is 9.36 Å². The molecule has 100 valence electrons. The van der Waals surface area contributed by atoms with E-state index < -0.39 is 12.7 Å². The molecule has 0 heterocycles. The summed E-state index contributed by atoms with van der Waals surface area (Å²) in [5.74, 6) is 0.0104. The van der Waals surface area contributed by atoms with E-state index in [1.54, 1.807) is 31.3 Å². The fraction of sp³-hybridized carbons (Fsp3) is 0.364. The molecule has 5 nitrogen and oxygen atoms in total. The van der Waals surface area contributed by atoms with Crippen LogP contribution in [-0.4, -0.2) is 37.9 Å². The number of carbonyl (C=O) groups is 1. The second kappa shape index (κ2) is 6.78. The number of carbonyl (C=O) groups excluding carboxylic acids is 1. The van der Waals surface area contributed by atoms with Crippen molar-refractivity contribution in [3.05, 3.63) is 30.3 Å². The maximum Gasteiger partial charge on any atom is 0.350 e. The van der Waals surface area contributed by atoms with Gasteiger partial charge in [0.2, 0.25) is 0 Å². The minimum absolute atomic E-state index is 0.00532. The summed E-state index contributed by atoms with van der Waals surface area (Å²) in [5.41, 5.74) is 0. The van der Waals surface area contributed by atoms with Crippen molar-refractivity contribution < 1.29 is 18.6 Å². The van der Waals surface area contributed by atoms with Gasteiger partial charge in [-0.05, 0) is 30.4 Å². The molecule has 0 radical (unpaired) electrons. The second-order valence-corrected chi connectivity index (χ2v) is 6.92. The van der Waals surface area contributed by atoms with Gasteiger partial charge >= 0.3 is 12.7 Å². The zero-order valence-corrected chi connectivity index (χ0v) is 11.9. The van der Waals surface area contributed by atoms with Crippen molar-refractivity contribution in [2.45, 2.75) is 0 Å². The van der Waals surface area contributed by atoms with Crippen molar-refractivity contribution in [2.75, 3.05) is 27.0 Å². The third-order valence-corrected chi connectivity index (χ3v) is 3.85. The molecule has 1 unspecified atom stereocenters. The molecule has 0 aromatic heterocycles. The van der Waals surface area contributed by atoms with Gasteiger partial charge in [-0.2, -0.15) is 0 Å². The molecule has 1 atom stereocenters. The van der Waals surface area contributed by atoms with E-state index in [0.717, 1.165) is 0 Å². The largest absolute Gasteiger partial charge is 0.468 e. The number of methoxy groups -OCH3 is 1. The van der Waals surface area contributed by atoms with Crippen molar-refractivity contribution in [2.24, 2.45) is 0 Å². The van der Waals surface area contributed by atoms with Gasteiger partial charge < -0.3 is 9.26 Å². The summed E-state index contributed by atoms with van der Waals surface area (Å²) < 4.78 is 21.7. The SMILES string of the molecule is COC(=O)CN(C)CP(=O)(Cl)Oc1ccccc1. The lowest BCUT2D eigenvalue weighted by atomic mass is 10.3. The molecule has 1 aromatic carbocycles. The summed E-state index contributed by atoms with van der Waals surface area (Å²) in [6.45, 7) is -3.34. The third kappa shape index (κ3) is 5.54. The molecule has 0 aliphatic rings. The van der Waals surface area contributed by atoms with Gasteiger partial charge in [-0.3, -0.25) is 14.3 Å². The van der Waals surface area contributed by atoms with Crippen LogP contribution in [0.4, 0.5) is 0 Å². The Bertz CT molecular complexity index is 440. The molecule has 0 saturated heterocycles. The summed E-state index contributed by atoms with van der Waals surface area (Å²) in [5, 5.41) is 0. The Morgan fingerprint density at radius 3 is 2.56 bits per heavy atom. The van der Waals surface area contributed by atoms with Crippen LogP contribution in [0.5, 0.6) is 5.75 Å². The zero-order chi connectivity index (χ0) is 13.6. The van der Waals surface area contributed by atoms with Gasteiger partial charge in [0.05, 0.1) is 13.7 Å². The van der Waals surface area contributed by atoms with E-state index in [-0.39, 0.29) is 12.8 Å². The van der Waals surface area contributed by atoms with Crippen LogP contribution in [0.3, 0.4) is 0 Å². The number of hydrogen-bond acceptors (Lipinski definition) is 5. The van der Waals surface area contributed by atoms with Gasteiger partial charge in [0.15, 0.2) is 0 Å². The average Bonchev–Trinajstić information content (AvgIpc) is 2.28. The second-order valence-electron chi connectivity index (χ2n) is 3.73. The van der Waals surface area contributed by atoms with Crippen molar-refractivity contribution in [3.8, 4) is 5.75 Å². The smallest absolute Gasteiger partial charge is 0.350 e. The van der Waals surface area contributed by atoms with Crippen LogP contribution in [0.15, 0.2) is 30.3 Å². The van der Waals surface area contributed by atoms with E-state index in [4.69, 9.17) is 15.8 Å². The predicted octanol–water partition coefficient (Wildman–Crippen LogP) is 2.56. The van der Waals surface area contributed by atoms with Crippen LogP contribution in [0.25, 0.3) is 0 Å². The molecule has 0 aliphatic heterocycles. The molecule has 0 fully saturated rings. The van der Waals surface area contributed by atoms with Crippen molar-refractivity contribution in [3.63, 3.8) is 0 Å². The highest BCUT2D eigenvalue weighted by Crippen LogP contribution is 2.52. The first kappa shape index (κ1) is 15.0. The number of likely N-dealkylation sites (N-methyl/N-ethyl adjacent to an activating group) is 1. The number of para-hydroxylation sites is 1. The van der Waals surface area contributed by atoms with Gasteiger partial charge in [0.1, 0.15) is 12.0 Å². The Labute approximate surface area is 111 Å². The van der Waals surface area contributed by atoms with Crippen molar-refractivity contribution in [1.29, 1.82) is 0 Å². The Hall–Kier alpha value is -1.03. The first-order chi connectivity index (χ1) is 8.43. The Morgan fingerprint density at radius 2 is 2.00 bits per heavy atom. The normalized spacial score (nSPS) is 14.0. The standard InChI is InChI=1S/C11H15ClNO4P/c1-13(8-11(14)16-2)9-18(12,15)17-10-6-4-3-5-7-10/h3-7H,8-9H2,1-2H3. The summed E-state index contributed by atoms with van der Waals surface area (Å²) in [7, 11) is 2.90. The molecule has 0 bridgehead atoms. The summed E-state index contributed by atoms with van der Waals surface area (Å²) in [6, 6.07) is 8.65. The topological polar surface area (TPSA) is 55.8 Å². The average molecular weight is 292 g/mol. The summed E-state index contributed by atoms with van der Waals surface area (Å²) in [4.78, 5) is 12.5. The molecular weight excluding hydrogens is 277 g/mol. The number of esters is 1. The molecule has 0 amide bonds. The lowest BCUT2D eigenvalue weighted by Gasteiger charge is -2.19.